The van der Waals surface area contributed by atoms with E-state index < -0.39 is 23.4 Å². The maximum Gasteiger partial charge on any atom is 0.344 e. The summed E-state index contributed by atoms with van der Waals surface area (Å²) in [6, 6.07) is 17.4. The molecular weight excluding hydrogens is 474 g/mol. The molecule has 0 spiro atoms. The third kappa shape index (κ3) is 3.63. The van der Waals surface area contributed by atoms with Gasteiger partial charge < -0.3 is 5.32 Å². The predicted molar refractivity (Wildman–Crippen MR) is 130 cm³/mol. The minimum Gasteiger partial charge on any atom is -0.318 e. The van der Waals surface area contributed by atoms with Gasteiger partial charge in [-0.3, -0.25) is 19.7 Å². The topological polar surface area (TPSA) is 96.3 Å². The summed E-state index contributed by atoms with van der Waals surface area (Å²) in [5, 5.41) is 9.45. The number of imide groups is 1. The second kappa shape index (κ2) is 8.27. The van der Waals surface area contributed by atoms with Crippen LogP contribution in [-0.4, -0.2) is 32.6 Å². The third-order valence-electron chi connectivity index (χ3n) is 5.86. The normalized spacial score (nSPS) is 17.9. The van der Waals surface area contributed by atoms with Crippen LogP contribution in [-0.2, 0) is 16.9 Å². The molecule has 10 heteroatoms. The fourth-order valence-electron chi connectivity index (χ4n) is 3.98. The second-order valence-corrected chi connectivity index (χ2v) is 9.60. The number of benzene rings is 2. The van der Waals surface area contributed by atoms with Gasteiger partial charge in [0.25, 0.3) is 11.8 Å². The highest BCUT2D eigenvalue weighted by molar-refractivity contribution is 7.20. The lowest BCUT2D eigenvalue weighted by Crippen LogP contribution is -2.47. The van der Waals surface area contributed by atoms with Gasteiger partial charge in [0.2, 0.25) is 0 Å². The monoisotopic (exact) mass is 493 g/mol. The molecule has 4 amide bonds. The molecule has 34 heavy (non-hydrogen) atoms. The van der Waals surface area contributed by atoms with Crippen LogP contribution < -0.4 is 10.7 Å². The fourth-order valence-corrected chi connectivity index (χ4v) is 5.23. The van der Waals surface area contributed by atoms with Gasteiger partial charge in [-0.2, -0.15) is 10.1 Å². The first-order chi connectivity index (χ1) is 16.3. The summed E-state index contributed by atoms with van der Waals surface area (Å²) in [5.74, 6) is -1.11. The number of urea groups is 1. The lowest BCUT2D eigenvalue weighted by atomic mass is 9.92. The number of carbonyl (C=O) groups excluding carboxylic acids is 3. The quantitative estimate of drug-likeness (QED) is 0.407. The summed E-state index contributed by atoms with van der Waals surface area (Å²) in [6.07, 6.45) is 0. The molecule has 0 unspecified atom stereocenters. The van der Waals surface area contributed by atoms with Crippen LogP contribution in [0.2, 0.25) is 5.02 Å². The highest BCUT2D eigenvalue weighted by Crippen LogP contribution is 2.31. The van der Waals surface area contributed by atoms with Gasteiger partial charge in [-0.1, -0.05) is 60.1 Å². The molecule has 1 aliphatic rings. The van der Waals surface area contributed by atoms with Crippen LogP contribution in [0.15, 0.2) is 60.7 Å². The number of carbonyl (C=O) groups is 3. The summed E-state index contributed by atoms with van der Waals surface area (Å²) >= 11 is 7.54. The molecule has 0 aliphatic carbocycles. The molecular formula is C24H20ClN5O3S. The lowest BCUT2D eigenvalue weighted by Gasteiger charge is -2.21. The van der Waals surface area contributed by atoms with E-state index in [0.717, 1.165) is 26.5 Å². The molecule has 2 aromatic heterocycles. The van der Waals surface area contributed by atoms with E-state index >= 15 is 0 Å². The van der Waals surface area contributed by atoms with Crippen LogP contribution >= 0.6 is 22.9 Å². The summed E-state index contributed by atoms with van der Waals surface area (Å²) < 4.78 is 1.80. The van der Waals surface area contributed by atoms with E-state index in [1.54, 1.807) is 41.9 Å². The average molecular weight is 494 g/mol. The molecule has 5 rings (SSSR count). The zero-order valence-corrected chi connectivity index (χ0v) is 19.9. The number of halogens is 1. The Labute approximate surface area is 204 Å². The van der Waals surface area contributed by atoms with Crippen LogP contribution in [0.25, 0.3) is 10.2 Å². The molecule has 0 saturated carbocycles. The maximum atomic E-state index is 13.1. The maximum absolute atomic E-state index is 13.1. The van der Waals surface area contributed by atoms with E-state index in [-0.39, 0.29) is 0 Å². The van der Waals surface area contributed by atoms with E-state index in [1.165, 1.54) is 11.3 Å². The van der Waals surface area contributed by atoms with Crippen molar-refractivity contribution in [1.29, 1.82) is 0 Å². The van der Waals surface area contributed by atoms with E-state index in [2.05, 4.69) is 15.8 Å². The van der Waals surface area contributed by atoms with Crippen LogP contribution in [0, 0.1) is 6.92 Å². The Balaban J connectivity index is 1.40. The molecule has 1 fully saturated rings. The average Bonchev–Trinajstić information content (AvgIpc) is 3.45. The number of hydrazine groups is 1. The number of hydrogen-bond donors (Lipinski definition) is 2. The number of fused-ring (bicyclic) bond motifs is 1. The van der Waals surface area contributed by atoms with Crippen molar-refractivity contribution in [3.05, 3.63) is 87.4 Å². The molecule has 0 bridgehead atoms. The largest absolute Gasteiger partial charge is 0.344 e. The van der Waals surface area contributed by atoms with Crippen LogP contribution in [0.3, 0.4) is 0 Å². The van der Waals surface area contributed by atoms with Crippen LogP contribution in [0.5, 0.6) is 0 Å². The number of aryl methyl sites for hydroxylation is 1. The van der Waals surface area contributed by atoms with Gasteiger partial charge in [0, 0.05) is 10.4 Å². The van der Waals surface area contributed by atoms with Crippen molar-refractivity contribution in [1.82, 2.24) is 25.5 Å². The number of nitrogens with zero attached hydrogens (tertiary/aromatic N) is 3. The molecule has 172 valence electrons. The molecule has 2 aromatic carbocycles. The Morgan fingerprint density at radius 2 is 1.85 bits per heavy atom. The Morgan fingerprint density at radius 3 is 2.59 bits per heavy atom. The van der Waals surface area contributed by atoms with Crippen molar-refractivity contribution in [2.75, 3.05) is 0 Å². The number of aromatic nitrogens is 2. The van der Waals surface area contributed by atoms with Gasteiger partial charge >= 0.3 is 6.03 Å². The number of rotatable bonds is 5. The Bertz CT molecular complexity index is 1450. The van der Waals surface area contributed by atoms with Crippen LogP contribution in [0.4, 0.5) is 4.79 Å². The van der Waals surface area contributed by atoms with E-state index in [1.807, 2.05) is 37.3 Å². The third-order valence-corrected chi connectivity index (χ3v) is 7.38. The van der Waals surface area contributed by atoms with E-state index in [9.17, 15) is 14.4 Å². The molecule has 1 aliphatic heterocycles. The molecule has 1 atom stereocenters. The Morgan fingerprint density at radius 1 is 1.15 bits per heavy atom. The van der Waals surface area contributed by atoms with Crippen molar-refractivity contribution in [3.63, 3.8) is 0 Å². The second-order valence-electron chi connectivity index (χ2n) is 8.17. The van der Waals surface area contributed by atoms with Gasteiger partial charge in [-0.15, -0.1) is 11.3 Å². The van der Waals surface area contributed by atoms with Crippen molar-refractivity contribution < 1.29 is 14.4 Å². The predicted octanol–water partition coefficient (Wildman–Crippen LogP) is 4.22. The summed E-state index contributed by atoms with van der Waals surface area (Å²) in [5.41, 5.74) is 3.50. The van der Waals surface area contributed by atoms with Gasteiger partial charge in [0.15, 0.2) is 0 Å². The molecule has 2 N–H and O–H groups in total. The first-order valence-electron chi connectivity index (χ1n) is 10.5. The zero-order valence-electron chi connectivity index (χ0n) is 18.3. The zero-order chi connectivity index (χ0) is 24.0. The molecule has 3 heterocycles. The standard InChI is InChI=1S/C24H20ClN5O3S/c1-14-17-12-19(34-21(17)29(27-14)13-15-8-6-7-11-18(15)25)20(31)28-30-22(32)24(2,26-23(30)33)16-9-4-3-5-10-16/h3-12H,13H2,1-2H3,(H,26,33)(H,28,31)/t24-/m1/s1. The molecule has 1 saturated heterocycles. The SMILES string of the molecule is Cc1nn(Cc2ccccc2Cl)c2sc(C(=O)NN3C(=O)N[C@](C)(c4ccccc4)C3=O)cc12. The fraction of sp³-hybridized carbons (Fsp3) is 0.167. The first kappa shape index (κ1) is 22.1. The van der Waals surface area contributed by atoms with Gasteiger partial charge in [-0.25, -0.2) is 4.79 Å². The number of nitrogens with one attached hydrogen (secondary N) is 2. The number of hydrogen-bond acceptors (Lipinski definition) is 5. The van der Waals surface area contributed by atoms with Gasteiger partial charge in [0.1, 0.15) is 10.4 Å². The van der Waals surface area contributed by atoms with E-state index in [0.29, 0.717) is 22.0 Å². The highest BCUT2D eigenvalue weighted by atomic mass is 35.5. The minimum atomic E-state index is -1.27. The highest BCUT2D eigenvalue weighted by Gasteiger charge is 2.50. The van der Waals surface area contributed by atoms with Crippen molar-refractivity contribution in [2.24, 2.45) is 0 Å². The number of thiophene rings is 1. The smallest absolute Gasteiger partial charge is 0.318 e. The Kier molecular flexibility index (Phi) is 5.38. The van der Waals surface area contributed by atoms with Crippen molar-refractivity contribution >= 4 is 51.0 Å². The summed E-state index contributed by atoms with van der Waals surface area (Å²) in [6.45, 7) is 3.93. The van der Waals surface area contributed by atoms with Crippen LogP contribution in [0.1, 0.15) is 33.4 Å². The van der Waals surface area contributed by atoms with Crippen molar-refractivity contribution in [2.45, 2.75) is 25.9 Å². The lowest BCUT2D eigenvalue weighted by molar-refractivity contribution is -0.132. The molecule has 8 nitrogen and oxygen atoms in total. The Hall–Kier alpha value is -3.69. The minimum absolute atomic E-state index is 0.359. The van der Waals surface area contributed by atoms with Gasteiger partial charge in [-0.05, 0) is 37.1 Å². The van der Waals surface area contributed by atoms with Crippen molar-refractivity contribution in [3.8, 4) is 0 Å². The number of amides is 4. The summed E-state index contributed by atoms with van der Waals surface area (Å²) in [7, 11) is 0. The van der Waals surface area contributed by atoms with Gasteiger partial charge in [0.05, 0.1) is 17.1 Å². The molecule has 0 radical (unpaired) electrons. The van der Waals surface area contributed by atoms with E-state index in [4.69, 9.17) is 11.6 Å². The first-order valence-corrected chi connectivity index (χ1v) is 11.7. The summed E-state index contributed by atoms with van der Waals surface area (Å²) in [4.78, 5) is 39.8. The molecule has 4 aromatic rings.